The van der Waals surface area contributed by atoms with Crippen LogP contribution in [-0.4, -0.2) is 44.9 Å². The lowest BCUT2D eigenvalue weighted by Crippen LogP contribution is -2.37. The number of carbonyl (C=O) groups excluding carboxylic acids is 2. The van der Waals surface area contributed by atoms with Crippen LogP contribution in [0.25, 0.3) is 0 Å². The van der Waals surface area contributed by atoms with Crippen LogP contribution >= 0.6 is 0 Å². The van der Waals surface area contributed by atoms with Crippen LogP contribution in [0.2, 0.25) is 0 Å². The molecule has 0 spiro atoms. The molecule has 1 heterocycles. The molecule has 0 atom stereocenters. The molecule has 0 bridgehead atoms. The first-order valence-corrected chi connectivity index (χ1v) is 4.09. The lowest BCUT2D eigenvalue weighted by molar-refractivity contribution is -0.126. The van der Waals surface area contributed by atoms with Crippen molar-refractivity contribution in [1.29, 1.82) is 0 Å². The summed E-state index contributed by atoms with van der Waals surface area (Å²) in [6.07, 6.45) is 2.91. The minimum absolute atomic E-state index is 0.0190. The first-order valence-electron chi connectivity index (χ1n) is 4.09. The summed E-state index contributed by atoms with van der Waals surface area (Å²) in [5, 5.41) is 8.66. The Hall–Kier alpha value is -1.69. The van der Waals surface area contributed by atoms with Crippen LogP contribution < -0.4 is 0 Å². The van der Waals surface area contributed by atoms with E-state index >= 15 is 0 Å². The molecule has 76 valence electrons. The summed E-state index contributed by atoms with van der Waals surface area (Å²) < 4.78 is 0. The van der Waals surface area contributed by atoms with Crippen LogP contribution in [0, 0.1) is 0 Å². The van der Waals surface area contributed by atoms with Gasteiger partial charge in [0.15, 0.2) is 5.82 Å². The molecule has 0 aromatic carbocycles. The number of nitrogens with zero attached hydrogens (tertiary/aromatic N) is 2. The maximum absolute atomic E-state index is 11.5. The highest BCUT2D eigenvalue weighted by Crippen LogP contribution is 1.98. The number of hydrogen-bond donors (Lipinski definition) is 2. The highest BCUT2D eigenvalue weighted by molar-refractivity contribution is 6.01. The number of nitrogens with one attached hydrogen (secondary N) is 1. The van der Waals surface area contributed by atoms with E-state index in [1.807, 2.05) is 0 Å². The number of carbonyl (C=O) groups is 2. The normalized spacial score (nSPS) is 9.86. The van der Waals surface area contributed by atoms with Crippen LogP contribution in [0.5, 0.6) is 0 Å². The van der Waals surface area contributed by atoms with E-state index in [2.05, 4.69) is 9.97 Å². The Labute approximate surface area is 80.6 Å². The highest BCUT2D eigenvalue weighted by atomic mass is 16.3. The van der Waals surface area contributed by atoms with E-state index in [9.17, 15) is 9.59 Å². The quantitative estimate of drug-likeness (QED) is 0.676. The minimum Gasteiger partial charge on any atom is -0.395 e. The average Bonchev–Trinajstić information content (AvgIpc) is 2.65. The smallest absolute Gasteiger partial charge is 0.296 e. The summed E-state index contributed by atoms with van der Waals surface area (Å²) in [6.45, 7) is 0.984. The van der Waals surface area contributed by atoms with Gasteiger partial charge >= 0.3 is 0 Å². The lowest BCUT2D eigenvalue weighted by atomic mass is 10.4. The van der Waals surface area contributed by atoms with Crippen LogP contribution in [0.15, 0.2) is 12.4 Å². The van der Waals surface area contributed by atoms with Gasteiger partial charge in [0.05, 0.1) is 13.2 Å². The molecule has 14 heavy (non-hydrogen) atoms. The Morgan fingerprint density at radius 3 is 2.79 bits per heavy atom. The van der Waals surface area contributed by atoms with E-state index in [-0.39, 0.29) is 19.0 Å². The van der Waals surface area contributed by atoms with E-state index < -0.39 is 11.8 Å². The molecule has 0 saturated heterocycles. The first-order chi connectivity index (χ1) is 6.66. The van der Waals surface area contributed by atoms with Crippen molar-refractivity contribution >= 4 is 11.8 Å². The topological polar surface area (TPSA) is 86.3 Å². The third kappa shape index (κ3) is 2.17. The molecular weight excluding hydrogens is 186 g/mol. The molecule has 1 aromatic rings. The molecule has 6 heteroatoms. The summed E-state index contributed by atoms with van der Waals surface area (Å²) in [4.78, 5) is 29.8. The van der Waals surface area contributed by atoms with Gasteiger partial charge in [-0.3, -0.25) is 14.5 Å². The molecule has 6 nitrogen and oxygen atoms in total. The molecule has 0 unspecified atom stereocenters. The Balaban J connectivity index is 2.79. The Bertz CT molecular complexity index is 321. The van der Waals surface area contributed by atoms with Crippen molar-refractivity contribution in [1.82, 2.24) is 14.9 Å². The number of rotatable bonds is 3. The van der Waals surface area contributed by atoms with Gasteiger partial charge < -0.3 is 10.1 Å². The first kappa shape index (κ1) is 10.4. The molecule has 0 aliphatic carbocycles. The summed E-state index contributed by atoms with van der Waals surface area (Å²) in [5.41, 5.74) is 0. The third-order valence-electron chi connectivity index (χ3n) is 1.65. The second-order valence-corrected chi connectivity index (χ2v) is 2.64. The van der Waals surface area contributed by atoms with Gasteiger partial charge in [0.1, 0.15) is 0 Å². The number of aromatic amines is 1. The third-order valence-corrected chi connectivity index (χ3v) is 1.65. The van der Waals surface area contributed by atoms with E-state index in [0.29, 0.717) is 0 Å². The molecule has 1 aromatic heterocycles. The summed E-state index contributed by atoms with van der Waals surface area (Å²) in [6, 6.07) is 0. The van der Waals surface area contributed by atoms with Gasteiger partial charge in [-0.1, -0.05) is 0 Å². The van der Waals surface area contributed by atoms with Gasteiger partial charge in [0, 0.05) is 19.3 Å². The zero-order valence-corrected chi connectivity index (χ0v) is 7.73. The number of imidazole rings is 1. The van der Waals surface area contributed by atoms with Gasteiger partial charge in [-0.25, -0.2) is 4.98 Å². The van der Waals surface area contributed by atoms with E-state index in [4.69, 9.17) is 5.11 Å². The lowest BCUT2D eigenvalue weighted by Gasteiger charge is -2.15. The zero-order valence-electron chi connectivity index (χ0n) is 7.73. The highest BCUT2D eigenvalue weighted by Gasteiger charge is 2.20. The Morgan fingerprint density at radius 2 is 2.36 bits per heavy atom. The number of aliphatic hydroxyl groups excluding tert-OH is 1. The Morgan fingerprint density at radius 1 is 1.64 bits per heavy atom. The molecule has 0 saturated carbocycles. The molecule has 1 rings (SSSR count). The van der Waals surface area contributed by atoms with Crippen molar-refractivity contribution in [3.8, 4) is 0 Å². The summed E-state index contributed by atoms with van der Waals surface area (Å²) >= 11 is 0. The van der Waals surface area contributed by atoms with E-state index in [1.165, 1.54) is 19.3 Å². The van der Waals surface area contributed by atoms with Crippen molar-refractivity contribution in [3.63, 3.8) is 0 Å². The minimum atomic E-state index is -0.531. The number of H-pyrrole nitrogens is 1. The SMILES string of the molecule is CC(=O)N(CCO)C(=O)c1ncc[nH]1. The van der Waals surface area contributed by atoms with Crippen LogP contribution in [0.4, 0.5) is 0 Å². The maximum Gasteiger partial charge on any atom is 0.296 e. The molecule has 0 aliphatic heterocycles. The fourth-order valence-electron chi connectivity index (χ4n) is 1.01. The van der Waals surface area contributed by atoms with Gasteiger partial charge in [-0.15, -0.1) is 0 Å². The fraction of sp³-hybridized carbons (Fsp3) is 0.375. The van der Waals surface area contributed by atoms with Crippen LogP contribution in [0.1, 0.15) is 17.5 Å². The molecule has 0 radical (unpaired) electrons. The fourth-order valence-corrected chi connectivity index (χ4v) is 1.01. The maximum atomic E-state index is 11.5. The molecule has 0 aliphatic rings. The summed E-state index contributed by atoms with van der Waals surface area (Å²) in [5.74, 6) is -0.856. The molecule has 2 amide bonds. The van der Waals surface area contributed by atoms with Crippen LogP contribution in [0.3, 0.4) is 0 Å². The second kappa shape index (κ2) is 4.52. The number of hydrogen-bond acceptors (Lipinski definition) is 4. The van der Waals surface area contributed by atoms with Crippen LogP contribution in [-0.2, 0) is 4.79 Å². The largest absolute Gasteiger partial charge is 0.395 e. The zero-order chi connectivity index (χ0) is 10.6. The second-order valence-electron chi connectivity index (χ2n) is 2.64. The Kier molecular flexibility index (Phi) is 3.35. The predicted octanol–water partition coefficient (Wildman–Crippen LogP) is -0.609. The monoisotopic (exact) mass is 197 g/mol. The molecule has 2 N–H and O–H groups in total. The van der Waals surface area contributed by atoms with Gasteiger partial charge in [-0.05, 0) is 0 Å². The van der Waals surface area contributed by atoms with Crippen molar-refractivity contribution < 1.29 is 14.7 Å². The standard InChI is InChI=1S/C8H11N3O3/c1-6(13)11(4-5-12)8(14)7-9-2-3-10-7/h2-3,12H,4-5H2,1H3,(H,9,10). The van der Waals surface area contributed by atoms with E-state index in [1.54, 1.807) is 0 Å². The van der Waals surface area contributed by atoms with Crippen molar-refractivity contribution in [2.24, 2.45) is 0 Å². The number of amides is 2. The van der Waals surface area contributed by atoms with Gasteiger partial charge in [0.2, 0.25) is 5.91 Å². The van der Waals surface area contributed by atoms with E-state index in [0.717, 1.165) is 4.90 Å². The average molecular weight is 197 g/mol. The number of imide groups is 1. The van der Waals surface area contributed by atoms with Gasteiger partial charge in [0.25, 0.3) is 5.91 Å². The van der Waals surface area contributed by atoms with Gasteiger partial charge in [-0.2, -0.15) is 0 Å². The predicted molar refractivity (Wildman–Crippen MR) is 47.4 cm³/mol. The van der Waals surface area contributed by atoms with Crippen molar-refractivity contribution in [2.75, 3.05) is 13.2 Å². The molecule has 0 fully saturated rings. The number of aliphatic hydroxyl groups is 1. The number of aromatic nitrogens is 2. The molecular formula is C8H11N3O3. The summed E-state index contributed by atoms with van der Waals surface area (Å²) in [7, 11) is 0. The van der Waals surface area contributed by atoms with Crippen molar-refractivity contribution in [2.45, 2.75) is 6.92 Å². The van der Waals surface area contributed by atoms with Crippen molar-refractivity contribution in [3.05, 3.63) is 18.2 Å².